The van der Waals surface area contributed by atoms with Gasteiger partial charge in [0.1, 0.15) is 5.54 Å². The fraction of sp³-hybridized carbons (Fsp3) is 0.938. The standard InChI is InChI=1S/C16H30N2O2/c1-4-18-16(15(17)19,13-5-6-13)10-20-14-8-11(2)7-12(3)9-14/h11-14,18H,4-10H2,1-3H3,(H2,17,19). The average Bonchev–Trinajstić information content (AvgIpc) is 3.17. The van der Waals surface area contributed by atoms with E-state index in [1.165, 1.54) is 6.42 Å². The van der Waals surface area contributed by atoms with Crippen LogP contribution in [0.15, 0.2) is 0 Å². The molecule has 2 fully saturated rings. The Bertz CT molecular complexity index is 333. The first-order valence-electron chi connectivity index (χ1n) is 8.14. The second-order valence-corrected chi connectivity index (χ2v) is 6.99. The van der Waals surface area contributed by atoms with E-state index in [4.69, 9.17) is 10.5 Å². The van der Waals surface area contributed by atoms with Crippen molar-refractivity contribution in [1.82, 2.24) is 5.32 Å². The second-order valence-electron chi connectivity index (χ2n) is 6.99. The third-order valence-electron chi connectivity index (χ3n) is 4.89. The largest absolute Gasteiger partial charge is 0.376 e. The number of likely N-dealkylation sites (N-methyl/N-ethyl adjacent to an activating group) is 1. The number of nitrogens with one attached hydrogen (secondary N) is 1. The predicted molar refractivity (Wildman–Crippen MR) is 80.2 cm³/mol. The second kappa shape index (κ2) is 6.44. The Morgan fingerprint density at radius 2 is 1.85 bits per heavy atom. The van der Waals surface area contributed by atoms with Gasteiger partial charge in [-0.3, -0.25) is 4.79 Å². The maximum Gasteiger partial charge on any atom is 0.240 e. The summed E-state index contributed by atoms with van der Waals surface area (Å²) < 4.78 is 6.14. The van der Waals surface area contributed by atoms with Crippen LogP contribution in [0.2, 0.25) is 0 Å². The molecule has 0 saturated heterocycles. The number of hydrogen-bond acceptors (Lipinski definition) is 3. The molecule has 20 heavy (non-hydrogen) atoms. The van der Waals surface area contributed by atoms with Gasteiger partial charge in [-0.1, -0.05) is 20.8 Å². The lowest BCUT2D eigenvalue weighted by molar-refractivity contribution is -0.130. The summed E-state index contributed by atoms with van der Waals surface area (Å²) in [5.74, 6) is 1.54. The molecule has 3 unspecified atom stereocenters. The molecule has 2 aliphatic rings. The molecular formula is C16H30N2O2. The predicted octanol–water partition coefficient (Wildman–Crippen LogP) is 2.07. The Morgan fingerprint density at radius 3 is 2.30 bits per heavy atom. The van der Waals surface area contributed by atoms with Crippen molar-refractivity contribution < 1.29 is 9.53 Å². The van der Waals surface area contributed by atoms with Crippen LogP contribution >= 0.6 is 0 Å². The Morgan fingerprint density at radius 1 is 1.25 bits per heavy atom. The molecule has 2 aliphatic carbocycles. The SMILES string of the molecule is CCNC(COC1CC(C)CC(C)C1)(C(N)=O)C1CC1. The lowest BCUT2D eigenvalue weighted by Crippen LogP contribution is -2.60. The van der Waals surface area contributed by atoms with Crippen molar-refractivity contribution in [3.05, 3.63) is 0 Å². The molecule has 0 aromatic carbocycles. The molecular weight excluding hydrogens is 252 g/mol. The summed E-state index contributed by atoms with van der Waals surface area (Å²) in [4.78, 5) is 12.0. The number of nitrogens with two attached hydrogens (primary N) is 1. The normalized spacial score (nSPS) is 33.6. The van der Waals surface area contributed by atoms with Crippen molar-refractivity contribution in [3.8, 4) is 0 Å². The van der Waals surface area contributed by atoms with Crippen molar-refractivity contribution in [3.63, 3.8) is 0 Å². The van der Waals surface area contributed by atoms with Gasteiger partial charge < -0.3 is 15.8 Å². The van der Waals surface area contributed by atoms with Gasteiger partial charge in [0.25, 0.3) is 0 Å². The molecule has 0 heterocycles. The third kappa shape index (κ3) is 3.53. The van der Waals surface area contributed by atoms with Crippen molar-refractivity contribution >= 4 is 5.91 Å². The van der Waals surface area contributed by atoms with Crippen LogP contribution in [0.5, 0.6) is 0 Å². The highest BCUT2D eigenvalue weighted by Gasteiger charge is 2.50. The van der Waals surface area contributed by atoms with E-state index >= 15 is 0 Å². The van der Waals surface area contributed by atoms with Crippen LogP contribution in [0, 0.1) is 17.8 Å². The van der Waals surface area contributed by atoms with Gasteiger partial charge in [0.05, 0.1) is 12.7 Å². The van der Waals surface area contributed by atoms with E-state index in [0.29, 0.717) is 24.4 Å². The summed E-state index contributed by atoms with van der Waals surface area (Å²) in [5, 5.41) is 3.32. The molecule has 116 valence electrons. The van der Waals surface area contributed by atoms with E-state index in [1.807, 2.05) is 6.92 Å². The number of rotatable bonds is 7. The molecule has 3 N–H and O–H groups in total. The van der Waals surface area contributed by atoms with Crippen LogP contribution in [0.4, 0.5) is 0 Å². The smallest absolute Gasteiger partial charge is 0.240 e. The van der Waals surface area contributed by atoms with Gasteiger partial charge in [-0.2, -0.15) is 0 Å². The van der Waals surface area contributed by atoms with E-state index in [2.05, 4.69) is 19.2 Å². The van der Waals surface area contributed by atoms with Crippen LogP contribution in [0.25, 0.3) is 0 Å². The molecule has 0 aromatic heterocycles. The molecule has 0 spiro atoms. The summed E-state index contributed by atoms with van der Waals surface area (Å²) in [6.45, 7) is 7.78. The fourth-order valence-electron chi connectivity index (χ4n) is 3.82. The molecule has 3 atom stereocenters. The maximum atomic E-state index is 12.0. The minimum atomic E-state index is -0.640. The average molecular weight is 282 g/mol. The zero-order valence-corrected chi connectivity index (χ0v) is 13.2. The van der Waals surface area contributed by atoms with Crippen LogP contribution in [0.1, 0.15) is 52.9 Å². The lowest BCUT2D eigenvalue weighted by atomic mass is 9.81. The molecule has 0 bridgehead atoms. The number of carbonyl (C=O) groups is 1. The topological polar surface area (TPSA) is 64.3 Å². The van der Waals surface area contributed by atoms with Gasteiger partial charge in [-0.15, -0.1) is 0 Å². The van der Waals surface area contributed by atoms with Gasteiger partial charge in [-0.25, -0.2) is 0 Å². The molecule has 0 aliphatic heterocycles. The number of primary amides is 1. The van der Waals surface area contributed by atoms with Crippen LogP contribution in [-0.2, 0) is 9.53 Å². The lowest BCUT2D eigenvalue weighted by Gasteiger charge is -2.36. The molecule has 1 amide bonds. The zero-order chi connectivity index (χ0) is 14.8. The third-order valence-corrected chi connectivity index (χ3v) is 4.89. The Labute approximate surface area is 122 Å². The molecule has 4 nitrogen and oxygen atoms in total. The Balaban J connectivity index is 1.96. The fourth-order valence-corrected chi connectivity index (χ4v) is 3.82. The number of carbonyl (C=O) groups excluding carboxylic acids is 1. The summed E-state index contributed by atoms with van der Waals surface area (Å²) in [6, 6.07) is 0. The first-order valence-corrected chi connectivity index (χ1v) is 8.14. The summed E-state index contributed by atoms with van der Waals surface area (Å²) in [7, 11) is 0. The van der Waals surface area contributed by atoms with Gasteiger partial charge in [0, 0.05) is 0 Å². The van der Waals surface area contributed by atoms with E-state index in [1.54, 1.807) is 0 Å². The summed E-state index contributed by atoms with van der Waals surface area (Å²) in [6.07, 6.45) is 5.95. The molecule has 0 aromatic rings. The maximum absolute atomic E-state index is 12.0. The zero-order valence-electron chi connectivity index (χ0n) is 13.2. The molecule has 0 radical (unpaired) electrons. The van der Waals surface area contributed by atoms with Crippen molar-refractivity contribution in [2.45, 2.75) is 64.5 Å². The van der Waals surface area contributed by atoms with Crippen LogP contribution in [0.3, 0.4) is 0 Å². The number of hydrogen-bond donors (Lipinski definition) is 2. The van der Waals surface area contributed by atoms with Crippen molar-refractivity contribution in [2.24, 2.45) is 23.5 Å². The van der Waals surface area contributed by atoms with Gasteiger partial charge >= 0.3 is 0 Å². The Kier molecular flexibility index (Phi) is 5.08. The Hall–Kier alpha value is -0.610. The van der Waals surface area contributed by atoms with Crippen molar-refractivity contribution in [2.75, 3.05) is 13.2 Å². The van der Waals surface area contributed by atoms with E-state index in [-0.39, 0.29) is 12.0 Å². The molecule has 2 rings (SSSR count). The molecule has 2 saturated carbocycles. The van der Waals surface area contributed by atoms with Gasteiger partial charge in [0.2, 0.25) is 5.91 Å². The highest BCUT2D eigenvalue weighted by Crippen LogP contribution is 2.40. The highest BCUT2D eigenvalue weighted by molar-refractivity contribution is 5.85. The highest BCUT2D eigenvalue weighted by atomic mass is 16.5. The first kappa shape index (κ1) is 15.8. The number of ether oxygens (including phenoxy) is 1. The minimum Gasteiger partial charge on any atom is -0.376 e. The monoisotopic (exact) mass is 282 g/mol. The molecule has 4 heteroatoms. The van der Waals surface area contributed by atoms with E-state index in [0.717, 1.165) is 32.2 Å². The first-order chi connectivity index (χ1) is 9.48. The minimum absolute atomic E-state index is 0.251. The van der Waals surface area contributed by atoms with Gasteiger partial charge in [0.15, 0.2) is 0 Å². The van der Waals surface area contributed by atoms with Crippen molar-refractivity contribution in [1.29, 1.82) is 0 Å². The van der Waals surface area contributed by atoms with Crippen LogP contribution < -0.4 is 11.1 Å². The quantitative estimate of drug-likeness (QED) is 0.751. The van der Waals surface area contributed by atoms with Crippen LogP contribution in [-0.4, -0.2) is 30.7 Å². The van der Waals surface area contributed by atoms with E-state index < -0.39 is 5.54 Å². The number of amides is 1. The van der Waals surface area contributed by atoms with Gasteiger partial charge in [-0.05, 0) is 56.4 Å². The summed E-state index contributed by atoms with van der Waals surface area (Å²) in [5.41, 5.74) is 5.05. The summed E-state index contributed by atoms with van der Waals surface area (Å²) >= 11 is 0. The van der Waals surface area contributed by atoms with E-state index in [9.17, 15) is 4.79 Å².